The largest absolute Gasteiger partial charge is 0.455 e. The van der Waals surface area contributed by atoms with E-state index in [1.54, 1.807) is 0 Å². The molecule has 0 fully saturated rings. The van der Waals surface area contributed by atoms with Crippen molar-refractivity contribution in [3.8, 4) is 39.4 Å². The first kappa shape index (κ1) is 31.8. The molecule has 4 unspecified atom stereocenters. The zero-order chi connectivity index (χ0) is 35.5. The molecule has 256 valence electrons. The number of hydrogen-bond donors (Lipinski definition) is 0. The van der Waals surface area contributed by atoms with Crippen molar-refractivity contribution in [2.45, 2.75) is 50.9 Å². The van der Waals surface area contributed by atoms with Gasteiger partial charge in [-0.25, -0.2) is 0 Å². The molecule has 0 radical (unpaired) electrons. The molecule has 2 nitrogen and oxygen atoms in total. The maximum Gasteiger partial charge on any atom is 0.143 e. The van der Waals surface area contributed by atoms with Crippen molar-refractivity contribution in [3.05, 3.63) is 179 Å². The molecule has 0 N–H and O–H groups in total. The predicted molar refractivity (Wildman–Crippen MR) is 218 cm³/mol. The van der Waals surface area contributed by atoms with Gasteiger partial charge in [0.1, 0.15) is 11.2 Å². The Morgan fingerprint density at radius 3 is 2.34 bits per heavy atom. The third kappa shape index (κ3) is 5.29. The second kappa shape index (κ2) is 12.9. The molecule has 1 aromatic heterocycles. The highest BCUT2D eigenvalue weighted by Crippen LogP contribution is 2.50. The summed E-state index contributed by atoms with van der Waals surface area (Å²) >= 11 is 0. The van der Waals surface area contributed by atoms with E-state index < -0.39 is 0 Å². The second-order valence-corrected chi connectivity index (χ2v) is 15.2. The lowest BCUT2D eigenvalue weighted by Gasteiger charge is -2.35. The van der Waals surface area contributed by atoms with Crippen LogP contribution in [0.3, 0.4) is 0 Å². The van der Waals surface area contributed by atoms with Gasteiger partial charge in [-0.2, -0.15) is 5.26 Å². The number of furan rings is 1. The Hall–Kier alpha value is -5.91. The SMILES string of the molecule is CCC1C=C(C2CCc3ccccc3-c3cc(-c4cccc5c4oc4ccccc45)ccc32)C=CC1C1CCc2ccc(C#N)cc2-c2ccccc21. The Morgan fingerprint density at radius 2 is 1.43 bits per heavy atom. The van der Waals surface area contributed by atoms with Gasteiger partial charge in [-0.3, -0.25) is 0 Å². The molecule has 0 spiro atoms. The molecule has 0 saturated carbocycles. The molecule has 1 heterocycles. The molecular formula is C51H41NO. The maximum absolute atomic E-state index is 9.70. The van der Waals surface area contributed by atoms with Crippen LogP contribution in [-0.4, -0.2) is 0 Å². The summed E-state index contributed by atoms with van der Waals surface area (Å²) in [5.41, 5.74) is 17.3. The van der Waals surface area contributed by atoms with E-state index in [0.717, 1.165) is 65.2 Å². The van der Waals surface area contributed by atoms with Crippen molar-refractivity contribution in [3.63, 3.8) is 0 Å². The summed E-state index contributed by atoms with van der Waals surface area (Å²) in [5, 5.41) is 12.0. The molecule has 0 bridgehead atoms. The van der Waals surface area contributed by atoms with Gasteiger partial charge in [-0.1, -0.05) is 128 Å². The smallest absolute Gasteiger partial charge is 0.143 e. The van der Waals surface area contributed by atoms with Gasteiger partial charge < -0.3 is 4.42 Å². The van der Waals surface area contributed by atoms with Crippen LogP contribution in [0, 0.1) is 23.2 Å². The fourth-order valence-electron chi connectivity index (χ4n) is 9.92. The molecule has 0 aliphatic heterocycles. The topological polar surface area (TPSA) is 36.9 Å². The molecule has 7 aromatic rings. The van der Waals surface area contributed by atoms with Crippen molar-refractivity contribution in [1.82, 2.24) is 0 Å². The van der Waals surface area contributed by atoms with Gasteiger partial charge >= 0.3 is 0 Å². The highest BCUT2D eigenvalue weighted by Gasteiger charge is 2.34. The van der Waals surface area contributed by atoms with E-state index in [0.29, 0.717) is 23.7 Å². The average Bonchev–Trinajstić information content (AvgIpc) is 3.42. The quantitative estimate of drug-likeness (QED) is 0.185. The van der Waals surface area contributed by atoms with Crippen molar-refractivity contribution >= 4 is 21.9 Å². The van der Waals surface area contributed by atoms with Crippen molar-refractivity contribution in [2.75, 3.05) is 0 Å². The monoisotopic (exact) mass is 683 g/mol. The van der Waals surface area contributed by atoms with Crippen LogP contribution in [0.5, 0.6) is 0 Å². The lowest BCUT2D eigenvalue weighted by atomic mass is 9.70. The van der Waals surface area contributed by atoms with Crippen LogP contribution in [0.15, 0.2) is 156 Å². The zero-order valence-electron chi connectivity index (χ0n) is 30.1. The highest BCUT2D eigenvalue weighted by molar-refractivity contribution is 6.09. The van der Waals surface area contributed by atoms with E-state index in [4.69, 9.17) is 4.42 Å². The maximum atomic E-state index is 9.70. The Morgan fingerprint density at radius 1 is 0.660 bits per heavy atom. The summed E-state index contributed by atoms with van der Waals surface area (Å²) in [6.45, 7) is 2.36. The van der Waals surface area contributed by atoms with Gasteiger partial charge in [0.2, 0.25) is 0 Å². The van der Waals surface area contributed by atoms with Crippen LogP contribution in [0.25, 0.3) is 55.3 Å². The first-order valence-electron chi connectivity index (χ1n) is 19.3. The number of nitrogens with zero attached hydrogens (tertiary/aromatic N) is 1. The van der Waals surface area contributed by atoms with Crippen molar-refractivity contribution in [2.24, 2.45) is 11.8 Å². The predicted octanol–water partition coefficient (Wildman–Crippen LogP) is 13.4. The van der Waals surface area contributed by atoms with E-state index in [1.165, 1.54) is 55.6 Å². The van der Waals surface area contributed by atoms with Crippen molar-refractivity contribution in [1.29, 1.82) is 5.26 Å². The molecule has 0 saturated heterocycles. The minimum absolute atomic E-state index is 0.315. The number of rotatable bonds is 4. The van der Waals surface area contributed by atoms with E-state index >= 15 is 0 Å². The summed E-state index contributed by atoms with van der Waals surface area (Å²) in [6, 6.07) is 48.7. The average molecular weight is 684 g/mol. The Bertz CT molecular complexity index is 2660. The van der Waals surface area contributed by atoms with E-state index in [1.807, 2.05) is 12.1 Å². The van der Waals surface area contributed by atoms with E-state index in [2.05, 4.69) is 146 Å². The number of hydrogen-bond acceptors (Lipinski definition) is 2. The molecule has 53 heavy (non-hydrogen) atoms. The van der Waals surface area contributed by atoms with Crippen LogP contribution in [0.2, 0.25) is 0 Å². The van der Waals surface area contributed by atoms with E-state index in [-0.39, 0.29) is 0 Å². The van der Waals surface area contributed by atoms with Crippen molar-refractivity contribution < 1.29 is 4.42 Å². The molecule has 6 aromatic carbocycles. The highest BCUT2D eigenvalue weighted by atomic mass is 16.3. The first-order chi connectivity index (χ1) is 26.2. The lowest BCUT2D eigenvalue weighted by Crippen LogP contribution is -2.23. The molecular weight excluding hydrogens is 643 g/mol. The summed E-state index contributed by atoms with van der Waals surface area (Å²) in [4.78, 5) is 0. The molecule has 4 atom stereocenters. The standard InChI is InChI=1S/C51H41NO/c1-2-33-29-36(22-25-39(33)44-26-21-35-19-18-32(31-52)28-48(35)43-13-6-5-12-42(43)44)40-24-20-34-10-3-4-11-38(34)49-30-37(23-27-45(40)49)41-15-9-16-47-46-14-7-8-17-50(46)53-51(41)47/h3-19,22-23,25,27-30,33,39-40,44H,2,20-21,24,26H2,1H3. The lowest BCUT2D eigenvalue weighted by molar-refractivity contribution is 0.366. The summed E-state index contributed by atoms with van der Waals surface area (Å²) in [5.74, 6) is 1.60. The molecule has 10 rings (SSSR count). The van der Waals surface area contributed by atoms with Crippen LogP contribution in [-0.2, 0) is 12.8 Å². The number of aryl methyl sites for hydroxylation is 2. The first-order valence-corrected chi connectivity index (χ1v) is 19.3. The van der Waals surface area contributed by atoms with Crippen LogP contribution >= 0.6 is 0 Å². The third-order valence-corrected chi connectivity index (χ3v) is 12.5. The fraction of sp³-hybridized carbons (Fsp3) is 0.196. The Balaban J connectivity index is 1.04. The van der Waals surface area contributed by atoms with Gasteiger partial charge in [-0.05, 0) is 130 Å². The van der Waals surface area contributed by atoms with Gasteiger partial charge in [0.15, 0.2) is 0 Å². The van der Waals surface area contributed by atoms with E-state index in [9.17, 15) is 5.26 Å². The summed E-state index contributed by atoms with van der Waals surface area (Å²) in [6.07, 6.45) is 13.1. The minimum atomic E-state index is 0.315. The Labute approximate surface area is 311 Å². The molecule has 3 aliphatic carbocycles. The second-order valence-electron chi connectivity index (χ2n) is 15.2. The minimum Gasteiger partial charge on any atom is -0.455 e. The number of fused-ring (bicyclic) bond motifs is 9. The fourth-order valence-corrected chi connectivity index (χ4v) is 9.92. The number of nitriles is 1. The normalized spacial score (nSPS) is 20.3. The molecule has 3 aliphatic rings. The number of benzene rings is 6. The molecule has 0 amide bonds. The van der Waals surface area contributed by atoms with Gasteiger partial charge in [0.05, 0.1) is 11.6 Å². The van der Waals surface area contributed by atoms with Crippen LogP contribution in [0.1, 0.15) is 65.8 Å². The van der Waals surface area contributed by atoms with Gasteiger partial charge in [0, 0.05) is 22.3 Å². The number of para-hydroxylation sites is 2. The zero-order valence-corrected chi connectivity index (χ0v) is 30.1. The van der Waals surface area contributed by atoms with Crippen LogP contribution < -0.4 is 0 Å². The summed E-state index contributed by atoms with van der Waals surface area (Å²) in [7, 11) is 0. The van der Waals surface area contributed by atoms with Crippen LogP contribution in [0.4, 0.5) is 0 Å². The number of allylic oxidation sites excluding steroid dienone is 4. The third-order valence-electron chi connectivity index (χ3n) is 12.5. The molecule has 2 heteroatoms. The van der Waals surface area contributed by atoms with Gasteiger partial charge in [-0.15, -0.1) is 0 Å². The Kier molecular flexibility index (Phi) is 7.76. The summed E-state index contributed by atoms with van der Waals surface area (Å²) < 4.78 is 6.50. The van der Waals surface area contributed by atoms with Gasteiger partial charge in [0.25, 0.3) is 0 Å².